The average Bonchev–Trinajstić information content (AvgIpc) is 2.77. The van der Waals surface area contributed by atoms with Gasteiger partial charge in [-0.25, -0.2) is 4.79 Å². The van der Waals surface area contributed by atoms with Crippen molar-refractivity contribution < 1.29 is 19.1 Å². The number of thioether (sulfide) groups is 1. The molecule has 37 heavy (non-hydrogen) atoms. The molecule has 0 spiro atoms. The number of ether oxygens (including phenoxy) is 1. The van der Waals surface area contributed by atoms with Crippen LogP contribution in [-0.4, -0.2) is 58.5 Å². The molecule has 1 aromatic carbocycles. The van der Waals surface area contributed by atoms with Crippen LogP contribution in [0.2, 0.25) is 0 Å². The van der Waals surface area contributed by atoms with E-state index in [0.717, 1.165) is 36.0 Å². The van der Waals surface area contributed by atoms with E-state index in [9.17, 15) is 14.4 Å². The van der Waals surface area contributed by atoms with E-state index in [1.807, 2.05) is 59.1 Å². The Labute approximate surface area is 228 Å². The van der Waals surface area contributed by atoms with E-state index in [2.05, 4.69) is 17.6 Å². The summed E-state index contributed by atoms with van der Waals surface area (Å²) in [5.74, 6) is 0.151. The summed E-state index contributed by atoms with van der Waals surface area (Å²) in [7, 11) is 0. The lowest BCUT2D eigenvalue weighted by atomic mass is 9.91. The molecular formula is C29H49N3O4S. The molecule has 0 fully saturated rings. The molecule has 0 aliphatic carbocycles. The summed E-state index contributed by atoms with van der Waals surface area (Å²) in [6, 6.07) is 4.17. The minimum Gasteiger partial charge on any atom is -0.444 e. The number of carbonyl (C=O) groups is 3. The van der Waals surface area contributed by atoms with Crippen LogP contribution in [0.25, 0.3) is 0 Å². The molecule has 1 aromatic rings. The van der Waals surface area contributed by atoms with Crippen molar-refractivity contribution in [1.82, 2.24) is 15.5 Å². The fourth-order valence-corrected chi connectivity index (χ4v) is 4.58. The smallest absolute Gasteiger partial charge is 0.408 e. The number of alkyl carbamates (subject to hydrolysis) is 1. The van der Waals surface area contributed by atoms with Gasteiger partial charge in [-0.3, -0.25) is 9.59 Å². The number of nitrogens with one attached hydrogen (secondary N) is 2. The van der Waals surface area contributed by atoms with Crippen molar-refractivity contribution >= 4 is 29.7 Å². The standard InChI is InChI=1S/C29H49N3O4S/c1-11-12-13-18-30-25(33)24(22-16-14-15-20(2)21(22)3)32(28(4,5)6)26(34)23(17-19-37-10)31-27(35)36-29(7,8)9/h14-16,23-24H,11-13,17-19H2,1-10H3,(H,30,33)(H,31,35). The lowest BCUT2D eigenvalue weighted by molar-refractivity contribution is -0.148. The third kappa shape index (κ3) is 10.6. The molecule has 0 saturated heterocycles. The van der Waals surface area contributed by atoms with E-state index in [-0.39, 0.29) is 11.8 Å². The molecular weight excluding hydrogens is 486 g/mol. The van der Waals surface area contributed by atoms with Gasteiger partial charge in [-0.05, 0) is 96.9 Å². The monoisotopic (exact) mass is 535 g/mol. The maximum absolute atomic E-state index is 14.3. The first-order valence-corrected chi connectivity index (χ1v) is 14.7. The van der Waals surface area contributed by atoms with Gasteiger partial charge in [0.25, 0.3) is 0 Å². The van der Waals surface area contributed by atoms with Gasteiger partial charge >= 0.3 is 6.09 Å². The highest BCUT2D eigenvalue weighted by molar-refractivity contribution is 7.98. The van der Waals surface area contributed by atoms with Gasteiger partial charge in [-0.1, -0.05) is 38.0 Å². The molecule has 1 rings (SSSR count). The summed E-state index contributed by atoms with van der Waals surface area (Å²) < 4.78 is 5.46. The van der Waals surface area contributed by atoms with Crippen molar-refractivity contribution in [1.29, 1.82) is 0 Å². The zero-order chi connectivity index (χ0) is 28.4. The van der Waals surface area contributed by atoms with Crippen molar-refractivity contribution in [3.05, 3.63) is 34.9 Å². The highest BCUT2D eigenvalue weighted by atomic mass is 32.2. The van der Waals surface area contributed by atoms with Gasteiger partial charge in [-0.15, -0.1) is 0 Å². The van der Waals surface area contributed by atoms with Gasteiger partial charge in [0.1, 0.15) is 17.7 Å². The summed E-state index contributed by atoms with van der Waals surface area (Å²) in [5, 5.41) is 5.87. The summed E-state index contributed by atoms with van der Waals surface area (Å²) >= 11 is 1.60. The Balaban J connectivity index is 3.55. The maximum Gasteiger partial charge on any atom is 0.408 e. The predicted octanol–water partition coefficient (Wildman–Crippen LogP) is 5.92. The molecule has 3 amide bonds. The average molecular weight is 536 g/mol. The second kappa shape index (κ2) is 14.6. The van der Waals surface area contributed by atoms with E-state index >= 15 is 0 Å². The third-order valence-corrected chi connectivity index (χ3v) is 6.73. The summed E-state index contributed by atoms with van der Waals surface area (Å²) in [5.41, 5.74) is 1.41. The molecule has 2 unspecified atom stereocenters. The molecule has 0 aliphatic heterocycles. The molecule has 0 aliphatic rings. The number of aryl methyl sites for hydroxylation is 1. The van der Waals surface area contributed by atoms with Crippen LogP contribution >= 0.6 is 11.8 Å². The first kappa shape index (κ1) is 32.8. The molecule has 8 heteroatoms. The van der Waals surface area contributed by atoms with E-state index in [4.69, 9.17) is 4.74 Å². The lowest BCUT2D eigenvalue weighted by Crippen LogP contribution is -2.58. The van der Waals surface area contributed by atoms with Gasteiger partial charge in [-0.2, -0.15) is 11.8 Å². The van der Waals surface area contributed by atoms with Crippen molar-refractivity contribution in [2.45, 2.75) is 111 Å². The summed E-state index contributed by atoms with van der Waals surface area (Å²) in [6.07, 6.45) is 4.68. The van der Waals surface area contributed by atoms with Crippen molar-refractivity contribution in [2.24, 2.45) is 0 Å². The number of rotatable bonds is 12. The van der Waals surface area contributed by atoms with Crippen LogP contribution in [-0.2, 0) is 14.3 Å². The van der Waals surface area contributed by atoms with Gasteiger partial charge < -0.3 is 20.3 Å². The lowest BCUT2D eigenvalue weighted by Gasteiger charge is -2.43. The molecule has 0 aromatic heterocycles. The largest absolute Gasteiger partial charge is 0.444 e. The molecule has 210 valence electrons. The zero-order valence-electron chi connectivity index (χ0n) is 24.6. The number of carbonyl (C=O) groups excluding carboxylic acids is 3. The molecule has 0 saturated carbocycles. The SMILES string of the molecule is CCCCCNC(=O)C(c1cccc(C)c1C)N(C(=O)C(CCSC)NC(=O)OC(C)(C)C)C(C)(C)C. The maximum atomic E-state index is 14.3. The number of amides is 3. The molecule has 2 N–H and O–H groups in total. The van der Waals surface area contributed by atoms with Crippen LogP contribution in [0.5, 0.6) is 0 Å². The summed E-state index contributed by atoms with van der Waals surface area (Å²) in [4.78, 5) is 42.4. The Hall–Kier alpha value is -2.22. The van der Waals surface area contributed by atoms with Gasteiger partial charge in [0.2, 0.25) is 11.8 Å². The second-order valence-electron chi connectivity index (χ2n) is 11.5. The Morgan fingerprint density at radius 2 is 1.70 bits per heavy atom. The Bertz CT molecular complexity index is 905. The molecule has 2 atom stereocenters. The van der Waals surface area contributed by atoms with Crippen LogP contribution in [0.4, 0.5) is 4.79 Å². The Morgan fingerprint density at radius 1 is 1.05 bits per heavy atom. The number of hydrogen-bond donors (Lipinski definition) is 2. The minimum atomic E-state index is -0.841. The third-order valence-electron chi connectivity index (χ3n) is 6.09. The topological polar surface area (TPSA) is 87.7 Å². The van der Waals surface area contributed by atoms with Gasteiger partial charge in [0, 0.05) is 12.1 Å². The predicted molar refractivity (Wildman–Crippen MR) is 154 cm³/mol. The van der Waals surface area contributed by atoms with Crippen LogP contribution in [0, 0.1) is 13.8 Å². The normalized spacial score (nSPS) is 13.5. The summed E-state index contributed by atoms with van der Waals surface area (Å²) in [6.45, 7) is 17.8. The zero-order valence-corrected chi connectivity index (χ0v) is 25.4. The van der Waals surface area contributed by atoms with Crippen LogP contribution < -0.4 is 10.6 Å². The molecule has 0 bridgehead atoms. The van der Waals surface area contributed by atoms with Crippen LogP contribution in [0.3, 0.4) is 0 Å². The fourth-order valence-electron chi connectivity index (χ4n) is 4.11. The highest BCUT2D eigenvalue weighted by Crippen LogP contribution is 2.33. The fraction of sp³-hybridized carbons (Fsp3) is 0.690. The number of unbranched alkanes of at least 4 members (excludes halogenated alkanes) is 2. The number of nitrogens with zero attached hydrogens (tertiary/aromatic N) is 1. The van der Waals surface area contributed by atoms with E-state index in [1.54, 1.807) is 37.4 Å². The van der Waals surface area contributed by atoms with Crippen molar-refractivity contribution in [2.75, 3.05) is 18.6 Å². The van der Waals surface area contributed by atoms with E-state index < -0.39 is 29.3 Å². The number of benzene rings is 1. The van der Waals surface area contributed by atoms with Gasteiger partial charge in [0.05, 0.1) is 0 Å². The van der Waals surface area contributed by atoms with Crippen LogP contribution in [0.15, 0.2) is 18.2 Å². The van der Waals surface area contributed by atoms with Gasteiger partial charge in [0.15, 0.2) is 0 Å². The van der Waals surface area contributed by atoms with Crippen LogP contribution in [0.1, 0.15) is 96.9 Å². The Kier molecular flexibility index (Phi) is 13.0. The first-order chi connectivity index (χ1) is 17.1. The minimum absolute atomic E-state index is 0.214. The highest BCUT2D eigenvalue weighted by Gasteiger charge is 2.42. The quantitative estimate of drug-likeness (QED) is 0.324. The molecule has 0 radical (unpaired) electrons. The van der Waals surface area contributed by atoms with E-state index in [0.29, 0.717) is 18.7 Å². The van der Waals surface area contributed by atoms with Crippen molar-refractivity contribution in [3.8, 4) is 0 Å². The first-order valence-electron chi connectivity index (χ1n) is 13.3. The number of hydrogen-bond acceptors (Lipinski definition) is 5. The molecule has 0 heterocycles. The second-order valence-corrected chi connectivity index (χ2v) is 12.5. The van der Waals surface area contributed by atoms with E-state index in [1.165, 1.54) is 0 Å². The van der Waals surface area contributed by atoms with Crippen molar-refractivity contribution in [3.63, 3.8) is 0 Å². The molecule has 7 nitrogen and oxygen atoms in total. The Morgan fingerprint density at radius 3 is 2.24 bits per heavy atom.